The maximum absolute atomic E-state index is 13.9. The molecule has 0 aliphatic carbocycles. The SMILES string of the molecule is COC(CNC(=O)C(C)(N)c1ccc(C(F)(F)F)cc1)c1ccccc1F. The summed E-state index contributed by atoms with van der Waals surface area (Å²) < 4.78 is 57.1. The van der Waals surface area contributed by atoms with E-state index < -0.39 is 35.1 Å². The van der Waals surface area contributed by atoms with Gasteiger partial charge in [-0.3, -0.25) is 4.79 Å². The number of amides is 1. The molecule has 2 aromatic carbocycles. The van der Waals surface area contributed by atoms with Gasteiger partial charge in [0.25, 0.3) is 0 Å². The van der Waals surface area contributed by atoms with Gasteiger partial charge in [-0.2, -0.15) is 13.2 Å². The van der Waals surface area contributed by atoms with E-state index in [4.69, 9.17) is 10.5 Å². The summed E-state index contributed by atoms with van der Waals surface area (Å²) in [6, 6.07) is 10.0. The summed E-state index contributed by atoms with van der Waals surface area (Å²) in [7, 11) is 1.38. The topological polar surface area (TPSA) is 64.3 Å². The molecule has 0 heterocycles. The second kappa shape index (κ2) is 8.06. The van der Waals surface area contributed by atoms with Crippen LogP contribution >= 0.6 is 0 Å². The lowest BCUT2D eigenvalue weighted by Crippen LogP contribution is -2.50. The first kappa shape index (κ1) is 20.9. The van der Waals surface area contributed by atoms with Crippen molar-refractivity contribution in [1.29, 1.82) is 0 Å². The predicted molar refractivity (Wildman–Crippen MR) is 92.1 cm³/mol. The molecule has 27 heavy (non-hydrogen) atoms. The Bertz CT molecular complexity index is 789. The number of halogens is 4. The maximum atomic E-state index is 13.9. The second-order valence-corrected chi connectivity index (χ2v) is 6.23. The molecule has 0 fully saturated rings. The van der Waals surface area contributed by atoms with E-state index >= 15 is 0 Å². The summed E-state index contributed by atoms with van der Waals surface area (Å²) in [4.78, 5) is 12.5. The van der Waals surface area contributed by atoms with Crippen molar-refractivity contribution in [1.82, 2.24) is 5.32 Å². The molecule has 8 heteroatoms. The van der Waals surface area contributed by atoms with Gasteiger partial charge in [0.1, 0.15) is 17.5 Å². The number of carbonyl (C=O) groups is 1. The van der Waals surface area contributed by atoms with Gasteiger partial charge in [0.05, 0.1) is 5.56 Å². The first-order valence-electron chi connectivity index (χ1n) is 8.09. The maximum Gasteiger partial charge on any atom is 0.416 e. The molecule has 0 bridgehead atoms. The lowest BCUT2D eigenvalue weighted by atomic mass is 9.91. The molecule has 0 spiro atoms. The van der Waals surface area contributed by atoms with Gasteiger partial charge < -0.3 is 15.8 Å². The first-order valence-corrected chi connectivity index (χ1v) is 8.09. The Labute approximate surface area is 154 Å². The van der Waals surface area contributed by atoms with E-state index in [-0.39, 0.29) is 17.7 Å². The fourth-order valence-corrected chi connectivity index (χ4v) is 2.56. The van der Waals surface area contributed by atoms with Crippen molar-refractivity contribution in [3.63, 3.8) is 0 Å². The van der Waals surface area contributed by atoms with Crippen molar-refractivity contribution in [2.24, 2.45) is 5.73 Å². The van der Waals surface area contributed by atoms with Gasteiger partial charge in [-0.05, 0) is 30.7 Å². The van der Waals surface area contributed by atoms with E-state index in [1.54, 1.807) is 6.07 Å². The molecule has 4 nitrogen and oxygen atoms in total. The van der Waals surface area contributed by atoms with Crippen LogP contribution in [0.5, 0.6) is 0 Å². The molecular formula is C19H20F4N2O2. The second-order valence-electron chi connectivity index (χ2n) is 6.23. The first-order chi connectivity index (χ1) is 12.6. The number of ether oxygens (including phenoxy) is 1. The minimum Gasteiger partial charge on any atom is -0.375 e. The molecule has 2 aromatic rings. The predicted octanol–water partition coefficient (Wildman–Crippen LogP) is 3.52. The van der Waals surface area contributed by atoms with Gasteiger partial charge in [0.15, 0.2) is 0 Å². The van der Waals surface area contributed by atoms with Crippen molar-refractivity contribution in [2.75, 3.05) is 13.7 Å². The molecule has 0 aromatic heterocycles. The number of rotatable bonds is 6. The van der Waals surface area contributed by atoms with Gasteiger partial charge in [0, 0.05) is 19.2 Å². The molecule has 0 aliphatic rings. The van der Waals surface area contributed by atoms with Crippen LogP contribution in [0.15, 0.2) is 48.5 Å². The molecule has 0 aliphatic heterocycles. The van der Waals surface area contributed by atoms with Crippen molar-refractivity contribution in [3.8, 4) is 0 Å². The highest BCUT2D eigenvalue weighted by molar-refractivity contribution is 5.87. The van der Waals surface area contributed by atoms with Gasteiger partial charge in [-0.15, -0.1) is 0 Å². The van der Waals surface area contributed by atoms with E-state index in [2.05, 4.69) is 5.32 Å². The molecule has 2 unspecified atom stereocenters. The van der Waals surface area contributed by atoms with Gasteiger partial charge in [0.2, 0.25) is 5.91 Å². The minimum atomic E-state index is -4.47. The van der Waals surface area contributed by atoms with Gasteiger partial charge >= 0.3 is 6.18 Å². The minimum absolute atomic E-state index is 0.0519. The summed E-state index contributed by atoms with van der Waals surface area (Å²) in [6.07, 6.45) is -5.21. The Morgan fingerprint density at radius 3 is 2.19 bits per heavy atom. The van der Waals surface area contributed by atoms with Crippen LogP contribution in [0.1, 0.15) is 29.7 Å². The molecule has 0 saturated carbocycles. The zero-order valence-electron chi connectivity index (χ0n) is 14.8. The Hall–Kier alpha value is -2.45. The average Bonchev–Trinajstić information content (AvgIpc) is 2.62. The van der Waals surface area contributed by atoms with Crippen LogP contribution in [0.4, 0.5) is 17.6 Å². The van der Waals surface area contributed by atoms with Crippen LogP contribution in [-0.2, 0) is 21.2 Å². The number of alkyl halides is 3. The Morgan fingerprint density at radius 1 is 1.11 bits per heavy atom. The van der Waals surface area contributed by atoms with Gasteiger partial charge in [-0.25, -0.2) is 4.39 Å². The molecule has 2 rings (SSSR count). The van der Waals surface area contributed by atoms with Crippen LogP contribution in [0.3, 0.4) is 0 Å². The van der Waals surface area contributed by atoms with Crippen LogP contribution in [0, 0.1) is 5.82 Å². The van der Waals surface area contributed by atoms with Crippen molar-refractivity contribution < 1.29 is 27.1 Å². The van der Waals surface area contributed by atoms with Gasteiger partial charge in [-0.1, -0.05) is 30.3 Å². The molecule has 2 atom stereocenters. The van der Waals surface area contributed by atoms with Crippen LogP contribution in [-0.4, -0.2) is 19.6 Å². The molecule has 1 amide bonds. The van der Waals surface area contributed by atoms with Crippen molar-refractivity contribution in [2.45, 2.75) is 24.7 Å². The number of benzene rings is 2. The number of methoxy groups -OCH3 is 1. The van der Waals surface area contributed by atoms with Crippen LogP contribution in [0.2, 0.25) is 0 Å². The molecule has 0 saturated heterocycles. The normalized spacial score (nSPS) is 15.1. The summed E-state index contributed by atoms with van der Waals surface area (Å²) in [5.74, 6) is -1.10. The number of carbonyl (C=O) groups excluding carboxylic acids is 1. The Kier molecular flexibility index (Phi) is 6.22. The summed E-state index contributed by atoms with van der Waals surface area (Å²) in [5, 5.41) is 2.57. The monoisotopic (exact) mass is 384 g/mol. The number of nitrogens with two attached hydrogens (primary N) is 1. The zero-order chi connectivity index (χ0) is 20.2. The third kappa shape index (κ3) is 4.84. The third-order valence-corrected chi connectivity index (χ3v) is 4.27. The van der Waals surface area contributed by atoms with E-state index in [1.807, 2.05) is 0 Å². The fourth-order valence-electron chi connectivity index (χ4n) is 2.56. The molecule has 0 radical (unpaired) electrons. The van der Waals surface area contributed by atoms with E-state index in [9.17, 15) is 22.4 Å². The van der Waals surface area contributed by atoms with E-state index in [1.165, 1.54) is 32.2 Å². The Balaban J connectivity index is 2.10. The molecule has 146 valence electrons. The highest BCUT2D eigenvalue weighted by Crippen LogP contribution is 2.30. The smallest absolute Gasteiger partial charge is 0.375 e. The number of hydrogen-bond acceptors (Lipinski definition) is 3. The van der Waals surface area contributed by atoms with Crippen LogP contribution in [0.25, 0.3) is 0 Å². The molecular weight excluding hydrogens is 364 g/mol. The highest BCUT2D eigenvalue weighted by atomic mass is 19.4. The van der Waals surface area contributed by atoms with Crippen molar-refractivity contribution >= 4 is 5.91 Å². The standard InChI is InChI=1S/C19H20F4N2O2/c1-18(24,12-7-9-13(10-8-12)19(21,22)23)17(26)25-11-16(27-2)14-5-3-4-6-15(14)20/h3-10,16H,11,24H2,1-2H3,(H,25,26). The lowest BCUT2D eigenvalue weighted by molar-refractivity contribution is -0.137. The van der Waals surface area contributed by atoms with Crippen molar-refractivity contribution in [3.05, 3.63) is 71.0 Å². The average molecular weight is 384 g/mol. The van der Waals surface area contributed by atoms with E-state index in [0.717, 1.165) is 24.3 Å². The number of nitrogens with one attached hydrogen (secondary N) is 1. The third-order valence-electron chi connectivity index (χ3n) is 4.27. The summed E-state index contributed by atoms with van der Waals surface area (Å²) in [5.41, 5.74) is 4.11. The lowest BCUT2D eigenvalue weighted by Gasteiger charge is -2.26. The van der Waals surface area contributed by atoms with Crippen LogP contribution < -0.4 is 11.1 Å². The van der Waals surface area contributed by atoms with E-state index in [0.29, 0.717) is 0 Å². The molecule has 3 N–H and O–H groups in total. The Morgan fingerprint density at radius 2 is 1.67 bits per heavy atom. The largest absolute Gasteiger partial charge is 0.416 e. The number of hydrogen-bond donors (Lipinski definition) is 2. The zero-order valence-corrected chi connectivity index (χ0v) is 14.8. The highest BCUT2D eigenvalue weighted by Gasteiger charge is 2.34. The summed E-state index contributed by atoms with van der Waals surface area (Å²) >= 11 is 0. The summed E-state index contributed by atoms with van der Waals surface area (Å²) in [6.45, 7) is 1.33. The quantitative estimate of drug-likeness (QED) is 0.749. The fraction of sp³-hybridized carbons (Fsp3) is 0.316.